The zero-order valence-electron chi connectivity index (χ0n) is 13.7. The van der Waals surface area contributed by atoms with Crippen LogP contribution in [0, 0.1) is 29.5 Å². The normalized spacial score (nSPS) is 10.3. The molecule has 0 fully saturated rings. The van der Waals surface area contributed by atoms with Gasteiger partial charge in [-0.1, -0.05) is 44.6 Å². The van der Waals surface area contributed by atoms with Crippen molar-refractivity contribution in [1.82, 2.24) is 0 Å². The van der Waals surface area contributed by atoms with Crippen LogP contribution in [0.5, 0.6) is 0 Å². The molecule has 0 heterocycles. The van der Waals surface area contributed by atoms with E-state index in [-0.39, 0.29) is 5.56 Å². The van der Waals surface area contributed by atoms with E-state index in [1.165, 1.54) is 12.1 Å². The molecule has 2 aromatic rings. The summed E-state index contributed by atoms with van der Waals surface area (Å²) in [5, 5.41) is 0. The van der Waals surface area contributed by atoms with Crippen LogP contribution in [0.1, 0.15) is 55.4 Å². The van der Waals surface area contributed by atoms with E-state index in [9.17, 15) is 8.78 Å². The Labute approximate surface area is 137 Å². The Morgan fingerprint density at radius 3 is 2.43 bits per heavy atom. The Kier molecular flexibility index (Phi) is 6.35. The van der Waals surface area contributed by atoms with Gasteiger partial charge in [-0.2, -0.15) is 0 Å². The molecule has 2 rings (SSSR count). The van der Waals surface area contributed by atoms with Crippen molar-refractivity contribution in [3.8, 4) is 11.8 Å². The molecule has 0 atom stereocenters. The van der Waals surface area contributed by atoms with Gasteiger partial charge in [0.1, 0.15) is 11.6 Å². The average Bonchev–Trinajstić information content (AvgIpc) is 2.55. The van der Waals surface area contributed by atoms with E-state index in [0.29, 0.717) is 12.0 Å². The van der Waals surface area contributed by atoms with Crippen molar-refractivity contribution >= 4 is 0 Å². The zero-order valence-corrected chi connectivity index (χ0v) is 13.7. The van der Waals surface area contributed by atoms with Crippen molar-refractivity contribution in [1.29, 1.82) is 0 Å². The highest BCUT2D eigenvalue weighted by Crippen LogP contribution is 2.16. The van der Waals surface area contributed by atoms with Gasteiger partial charge in [0.05, 0.1) is 5.56 Å². The van der Waals surface area contributed by atoms with Crippen LogP contribution in [0.15, 0.2) is 30.3 Å². The Balaban J connectivity index is 2.29. The summed E-state index contributed by atoms with van der Waals surface area (Å²) in [4.78, 5) is 0. The Bertz CT molecular complexity index is 697. The summed E-state index contributed by atoms with van der Waals surface area (Å²) in [5.74, 6) is 4.41. The molecule has 0 saturated heterocycles. The molecule has 0 aliphatic carbocycles. The van der Waals surface area contributed by atoms with Gasteiger partial charge in [0.2, 0.25) is 0 Å². The molecule has 0 N–H and O–H groups in total. The van der Waals surface area contributed by atoms with Crippen LogP contribution < -0.4 is 0 Å². The van der Waals surface area contributed by atoms with Crippen molar-refractivity contribution < 1.29 is 8.78 Å². The van der Waals surface area contributed by atoms with E-state index in [1.807, 2.05) is 19.1 Å². The van der Waals surface area contributed by atoms with Gasteiger partial charge >= 0.3 is 0 Å². The molecule has 0 unspecified atom stereocenters. The van der Waals surface area contributed by atoms with Gasteiger partial charge in [-0.3, -0.25) is 0 Å². The number of unbranched alkanes of at least 4 members (excludes halogenated alkanes) is 2. The predicted molar refractivity (Wildman–Crippen MR) is 90.2 cm³/mol. The lowest BCUT2D eigenvalue weighted by Crippen LogP contribution is -1.95. The van der Waals surface area contributed by atoms with E-state index in [2.05, 4.69) is 24.8 Å². The fourth-order valence-corrected chi connectivity index (χ4v) is 2.44. The molecular formula is C21H21F2. The minimum atomic E-state index is -0.593. The van der Waals surface area contributed by atoms with Crippen molar-refractivity contribution in [2.45, 2.75) is 46.0 Å². The second-order valence-electron chi connectivity index (χ2n) is 5.58. The maximum atomic E-state index is 14.0. The monoisotopic (exact) mass is 311 g/mol. The second kappa shape index (κ2) is 8.48. The van der Waals surface area contributed by atoms with E-state index in [1.54, 1.807) is 6.07 Å². The Morgan fingerprint density at radius 1 is 1.04 bits per heavy atom. The van der Waals surface area contributed by atoms with Gasteiger partial charge < -0.3 is 0 Å². The summed E-state index contributed by atoms with van der Waals surface area (Å²) < 4.78 is 28.0. The maximum Gasteiger partial charge on any atom is 0.142 e. The molecule has 0 aliphatic rings. The first-order chi connectivity index (χ1) is 11.2. The van der Waals surface area contributed by atoms with Crippen LogP contribution in [0.2, 0.25) is 0 Å². The Morgan fingerprint density at radius 2 is 1.78 bits per heavy atom. The molecule has 2 aromatic carbocycles. The minimum Gasteiger partial charge on any atom is -0.206 e. The van der Waals surface area contributed by atoms with Crippen LogP contribution in [0.25, 0.3) is 0 Å². The Hall–Kier alpha value is -2.14. The quantitative estimate of drug-likeness (QED) is 0.508. The molecule has 2 heteroatoms. The molecule has 1 radical (unpaired) electrons. The molecule has 0 spiro atoms. The van der Waals surface area contributed by atoms with Gasteiger partial charge in [0.15, 0.2) is 0 Å². The van der Waals surface area contributed by atoms with Gasteiger partial charge in [-0.25, -0.2) is 8.78 Å². The molecule has 0 nitrogen and oxygen atoms in total. The van der Waals surface area contributed by atoms with Gasteiger partial charge in [-0.15, -0.1) is 0 Å². The van der Waals surface area contributed by atoms with Crippen LogP contribution in [0.4, 0.5) is 8.78 Å². The summed E-state index contributed by atoms with van der Waals surface area (Å²) in [5.41, 5.74) is 2.38. The van der Waals surface area contributed by atoms with Gasteiger partial charge in [0.25, 0.3) is 0 Å². The van der Waals surface area contributed by atoms with E-state index < -0.39 is 11.6 Å². The SMILES string of the molecule is CCCCCc1c[c]ccc1C#Cc1c(F)cc(CC)cc1F. The highest BCUT2D eigenvalue weighted by molar-refractivity contribution is 5.47. The molecular weight excluding hydrogens is 290 g/mol. The largest absolute Gasteiger partial charge is 0.206 e. The zero-order chi connectivity index (χ0) is 16.7. The van der Waals surface area contributed by atoms with Crippen molar-refractivity contribution in [3.63, 3.8) is 0 Å². The maximum absolute atomic E-state index is 14.0. The van der Waals surface area contributed by atoms with E-state index in [4.69, 9.17) is 0 Å². The summed E-state index contributed by atoms with van der Waals surface area (Å²) in [6.45, 7) is 4.02. The first-order valence-electron chi connectivity index (χ1n) is 8.14. The lowest BCUT2D eigenvalue weighted by atomic mass is 10.0. The summed E-state index contributed by atoms with van der Waals surface area (Å²) in [6.07, 6.45) is 4.89. The lowest BCUT2D eigenvalue weighted by molar-refractivity contribution is 0.574. The highest BCUT2D eigenvalue weighted by atomic mass is 19.1. The second-order valence-corrected chi connectivity index (χ2v) is 5.58. The van der Waals surface area contributed by atoms with Crippen molar-refractivity contribution in [2.75, 3.05) is 0 Å². The van der Waals surface area contributed by atoms with Crippen LogP contribution in [-0.4, -0.2) is 0 Å². The van der Waals surface area contributed by atoms with Crippen molar-refractivity contribution in [2.24, 2.45) is 0 Å². The smallest absolute Gasteiger partial charge is 0.142 e. The molecule has 0 aliphatic heterocycles. The fraction of sp³-hybridized carbons (Fsp3) is 0.333. The molecule has 0 saturated carbocycles. The third kappa shape index (κ3) is 4.66. The van der Waals surface area contributed by atoms with Crippen LogP contribution >= 0.6 is 0 Å². The predicted octanol–water partition coefficient (Wildman–Crippen LogP) is 5.46. The standard InChI is InChI=1S/C21H21F2/c1-3-5-6-9-17-10-7-8-11-18(17)12-13-19-20(22)14-16(4-2)15-21(19)23/h8,10-11,14-15H,3-6,9H2,1-2H3. The summed E-state index contributed by atoms with van der Waals surface area (Å²) >= 11 is 0. The van der Waals surface area contributed by atoms with Gasteiger partial charge in [0, 0.05) is 5.56 Å². The minimum absolute atomic E-state index is 0.158. The molecule has 119 valence electrons. The van der Waals surface area contributed by atoms with E-state index in [0.717, 1.165) is 36.8 Å². The fourth-order valence-electron chi connectivity index (χ4n) is 2.44. The number of halogens is 2. The number of rotatable bonds is 5. The lowest BCUT2D eigenvalue weighted by Gasteiger charge is -2.04. The number of hydrogen-bond acceptors (Lipinski definition) is 0. The van der Waals surface area contributed by atoms with Crippen LogP contribution in [0.3, 0.4) is 0 Å². The third-order valence-corrected chi connectivity index (χ3v) is 3.83. The molecule has 0 bridgehead atoms. The first-order valence-corrected chi connectivity index (χ1v) is 8.14. The molecule has 0 amide bonds. The summed E-state index contributed by atoms with van der Waals surface area (Å²) in [6, 6.07) is 11.3. The number of aryl methyl sites for hydroxylation is 2. The first kappa shape index (κ1) is 17.2. The third-order valence-electron chi connectivity index (χ3n) is 3.83. The number of hydrogen-bond donors (Lipinski definition) is 0. The topological polar surface area (TPSA) is 0 Å². The summed E-state index contributed by atoms with van der Waals surface area (Å²) in [7, 11) is 0. The molecule has 0 aromatic heterocycles. The highest BCUT2D eigenvalue weighted by Gasteiger charge is 2.08. The van der Waals surface area contributed by atoms with Crippen LogP contribution in [-0.2, 0) is 12.8 Å². The average molecular weight is 311 g/mol. The molecule has 23 heavy (non-hydrogen) atoms. The van der Waals surface area contributed by atoms with Gasteiger partial charge in [-0.05, 0) is 60.7 Å². The van der Waals surface area contributed by atoms with E-state index >= 15 is 0 Å². The van der Waals surface area contributed by atoms with Crippen molar-refractivity contribution in [3.05, 3.63) is 70.3 Å². The number of benzene rings is 2.